The quantitative estimate of drug-likeness (QED) is 0.531. The second kappa shape index (κ2) is 4.40. The van der Waals surface area contributed by atoms with E-state index in [4.69, 9.17) is 4.74 Å². The molecule has 2 aliphatic carbocycles. The Morgan fingerprint density at radius 1 is 1.45 bits per heavy atom. The zero-order chi connectivity index (χ0) is 14.6. The Bertz CT molecular complexity index is 583. The molecule has 4 atom stereocenters. The first-order valence-corrected chi connectivity index (χ1v) is 6.58. The summed E-state index contributed by atoms with van der Waals surface area (Å²) in [5, 5.41) is 20.0. The maximum Gasteiger partial charge on any atom is 0.334 e. The van der Waals surface area contributed by atoms with Crippen molar-refractivity contribution in [3.63, 3.8) is 0 Å². The third-order valence-corrected chi connectivity index (χ3v) is 4.48. The normalized spacial score (nSPS) is 36.5. The summed E-state index contributed by atoms with van der Waals surface area (Å²) >= 11 is 0. The van der Waals surface area contributed by atoms with Gasteiger partial charge in [-0.25, -0.2) is 4.79 Å². The first-order valence-electron chi connectivity index (χ1n) is 6.58. The van der Waals surface area contributed by atoms with Crippen molar-refractivity contribution in [2.24, 2.45) is 11.8 Å². The number of rotatable bonds is 1. The second-order valence-corrected chi connectivity index (χ2v) is 5.60. The number of hydrogen-bond donors (Lipinski definition) is 2. The van der Waals surface area contributed by atoms with Crippen molar-refractivity contribution in [2.45, 2.75) is 25.6 Å². The van der Waals surface area contributed by atoms with Crippen LogP contribution < -0.4 is 0 Å². The van der Waals surface area contributed by atoms with Crippen LogP contribution in [0.5, 0.6) is 0 Å². The Balaban J connectivity index is 2.10. The number of aliphatic hydroxyl groups excluding tert-OH is 2. The topological polar surface area (TPSA) is 83.8 Å². The van der Waals surface area contributed by atoms with Crippen LogP contribution in [-0.4, -0.2) is 40.8 Å². The monoisotopic (exact) mass is 276 g/mol. The average molecular weight is 276 g/mol. The summed E-state index contributed by atoms with van der Waals surface area (Å²) in [4.78, 5) is 23.7. The molecule has 0 aromatic rings. The molecule has 1 fully saturated rings. The zero-order valence-corrected chi connectivity index (χ0v) is 11.1. The second-order valence-electron chi connectivity index (χ2n) is 5.60. The van der Waals surface area contributed by atoms with Crippen LogP contribution in [0, 0.1) is 11.8 Å². The van der Waals surface area contributed by atoms with E-state index >= 15 is 0 Å². The molecule has 3 aliphatic rings. The van der Waals surface area contributed by atoms with Gasteiger partial charge in [0.1, 0.15) is 6.10 Å². The molecule has 1 heterocycles. The Kier molecular flexibility index (Phi) is 2.92. The maximum atomic E-state index is 12.1. The van der Waals surface area contributed by atoms with Crippen molar-refractivity contribution in [2.75, 3.05) is 6.61 Å². The van der Waals surface area contributed by atoms with Crippen LogP contribution in [-0.2, 0) is 14.3 Å². The fourth-order valence-electron chi connectivity index (χ4n) is 3.55. The van der Waals surface area contributed by atoms with E-state index in [1.165, 1.54) is 6.08 Å². The molecule has 0 aromatic heterocycles. The van der Waals surface area contributed by atoms with Crippen LogP contribution in [0.15, 0.2) is 34.9 Å². The van der Waals surface area contributed by atoms with Crippen LogP contribution >= 0.6 is 0 Å². The van der Waals surface area contributed by atoms with Gasteiger partial charge in [0.05, 0.1) is 18.6 Å². The van der Waals surface area contributed by atoms with Crippen molar-refractivity contribution in [1.82, 2.24) is 0 Å². The highest BCUT2D eigenvalue weighted by Gasteiger charge is 2.51. The highest BCUT2D eigenvalue weighted by atomic mass is 16.6. The van der Waals surface area contributed by atoms with Crippen LogP contribution in [0.25, 0.3) is 0 Å². The number of fused-ring (bicyclic) bond motifs is 2. The van der Waals surface area contributed by atoms with Gasteiger partial charge in [0.25, 0.3) is 0 Å². The van der Waals surface area contributed by atoms with Crippen LogP contribution in [0.4, 0.5) is 0 Å². The molecule has 5 nitrogen and oxygen atoms in total. The van der Waals surface area contributed by atoms with Gasteiger partial charge in [0.15, 0.2) is 5.78 Å². The van der Waals surface area contributed by atoms with Crippen LogP contribution in [0.2, 0.25) is 0 Å². The Labute approximate surface area is 116 Å². The van der Waals surface area contributed by atoms with Gasteiger partial charge in [-0.1, -0.05) is 12.2 Å². The summed E-state index contributed by atoms with van der Waals surface area (Å²) in [7, 11) is 0. The van der Waals surface area contributed by atoms with E-state index in [1.807, 2.05) is 0 Å². The highest BCUT2D eigenvalue weighted by Crippen LogP contribution is 2.46. The lowest BCUT2D eigenvalue weighted by molar-refractivity contribution is -0.139. The van der Waals surface area contributed by atoms with Crippen LogP contribution in [0.1, 0.15) is 13.3 Å². The predicted molar refractivity (Wildman–Crippen MR) is 69.5 cm³/mol. The summed E-state index contributed by atoms with van der Waals surface area (Å²) in [5.41, 5.74) is 2.06. The van der Waals surface area contributed by atoms with E-state index in [2.05, 4.69) is 6.58 Å². The van der Waals surface area contributed by atoms with Gasteiger partial charge in [-0.05, 0) is 18.6 Å². The molecule has 0 spiro atoms. The number of carbonyl (C=O) groups excluding carboxylic acids is 2. The van der Waals surface area contributed by atoms with E-state index in [0.717, 1.165) is 5.57 Å². The fraction of sp³-hybridized carbons (Fsp3) is 0.467. The molecule has 20 heavy (non-hydrogen) atoms. The van der Waals surface area contributed by atoms with Crippen molar-refractivity contribution >= 4 is 11.8 Å². The number of carbonyl (C=O) groups is 2. The Morgan fingerprint density at radius 2 is 2.15 bits per heavy atom. The number of ether oxygens (including phenoxy) is 1. The standard InChI is InChI=1S/C15H16O5/c1-6-3-10-12(7(2)15(19)20-10)14(18)13-8(5-16)4-9(17)11(6)13/h4,10,12-14,16,18H,2-3,5H2,1H3/t10-,12-,13-,14-/m0/s1. The van der Waals surface area contributed by atoms with Crippen molar-refractivity contribution in [3.05, 3.63) is 34.9 Å². The van der Waals surface area contributed by atoms with Crippen molar-refractivity contribution in [1.29, 1.82) is 0 Å². The zero-order valence-electron chi connectivity index (χ0n) is 11.1. The molecular formula is C15H16O5. The van der Waals surface area contributed by atoms with E-state index in [9.17, 15) is 19.8 Å². The molecule has 1 saturated heterocycles. The molecule has 1 aliphatic heterocycles. The highest BCUT2D eigenvalue weighted by molar-refractivity contribution is 6.09. The smallest absolute Gasteiger partial charge is 0.334 e. The lowest BCUT2D eigenvalue weighted by Crippen LogP contribution is -2.34. The largest absolute Gasteiger partial charge is 0.458 e. The first kappa shape index (κ1) is 13.3. The molecule has 0 bridgehead atoms. The van der Waals surface area contributed by atoms with E-state index < -0.39 is 30.0 Å². The minimum atomic E-state index is -0.976. The summed E-state index contributed by atoms with van der Waals surface area (Å²) in [6, 6.07) is 0. The van der Waals surface area contributed by atoms with Gasteiger partial charge in [-0.15, -0.1) is 0 Å². The van der Waals surface area contributed by atoms with Crippen molar-refractivity contribution < 1.29 is 24.5 Å². The molecule has 3 rings (SSSR count). The van der Waals surface area contributed by atoms with Gasteiger partial charge in [0, 0.05) is 23.5 Å². The summed E-state index contributed by atoms with van der Waals surface area (Å²) < 4.78 is 5.24. The van der Waals surface area contributed by atoms with Gasteiger partial charge in [0.2, 0.25) is 0 Å². The van der Waals surface area contributed by atoms with Gasteiger partial charge in [-0.3, -0.25) is 4.79 Å². The molecule has 5 heteroatoms. The SMILES string of the molecule is C=C1C(=O)O[C@H]2CC(C)=C3C(=O)C=C(CO)[C@@H]3[C@@H](O)[C@@H]12. The molecule has 0 radical (unpaired) electrons. The lowest BCUT2D eigenvalue weighted by Gasteiger charge is -2.26. The van der Waals surface area contributed by atoms with Gasteiger partial charge >= 0.3 is 5.97 Å². The van der Waals surface area contributed by atoms with E-state index in [-0.39, 0.29) is 18.0 Å². The Morgan fingerprint density at radius 3 is 2.80 bits per heavy atom. The van der Waals surface area contributed by atoms with Crippen LogP contribution in [0.3, 0.4) is 0 Å². The van der Waals surface area contributed by atoms with E-state index in [1.54, 1.807) is 6.92 Å². The molecular weight excluding hydrogens is 260 g/mol. The Hall–Kier alpha value is -1.72. The summed E-state index contributed by atoms with van der Waals surface area (Å²) in [6.45, 7) is 5.22. The molecule has 0 saturated carbocycles. The molecule has 0 unspecified atom stereocenters. The number of aliphatic hydroxyl groups is 2. The maximum absolute atomic E-state index is 12.1. The van der Waals surface area contributed by atoms with E-state index in [0.29, 0.717) is 17.6 Å². The minimum Gasteiger partial charge on any atom is -0.458 e. The first-order chi connectivity index (χ1) is 9.45. The molecule has 2 N–H and O–H groups in total. The van der Waals surface area contributed by atoms with Gasteiger partial charge in [-0.2, -0.15) is 0 Å². The van der Waals surface area contributed by atoms with Gasteiger partial charge < -0.3 is 14.9 Å². The summed E-state index contributed by atoms with van der Waals surface area (Å²) in [5.74, 6) is -1.75. The third kappa shape index (κ3) is 1.63. The predicted octanol–water partition coefficient (Wildman–Crippen LogP) is 0.283. The number of ketones is 1. The minimum absolute atomic E-state index is 0.174. The molecule has 106 valence electrons. The molecule has 0 amide bonds. The molecule has 0 aromatic carbocycles. The number of allylic oxidation sites excluding steroid dienone is 1. The number of esters is 1. The summed E-state index contributed by atoms with van der Waals surface area (Å²) in [6.07, 6.45) is 0.344. The number of hydrogen-bond acceptors (Lipinski definition) is 5. The average Bonchev–Trinajstić information content (AvgIpc) is 2.83. The third-order valence-electron chi connectivity index (χ3n) is 4.48. The fourth-order valence-corrected chi connectivity index (χ4v) is 3.55. The van der Waals surface area contributed by atoms with Crippen molar-refractivity contribution in [3.8, 4) is 0 Å². The lowest BCUT2D eigenvalue weighted by atomic mass is 9.81.